The molecule has 1 aromatic heterocycles. The second-order valence-electron chi connectivity index (χ2n) is 3.15. The lowest BCUT2D eigenvalue weighted by Gasteiger charge is -2.05. The van der Waals surface area contributed by atoms with Gasteiger partial charge in [-0.3, -0.25) is 9.59 Å². The van der Waals surface area contributed by atoms with Crippen molar-refractivity contribution in [2.45, 2.75) is 33.1 Å². The van der Waals surface area contributed by atoms with Crippen molar-refractivity contribution >= 4 is 23.3 Å². The smallest absolute Gasteiger partial charge is 0.322 e. The van der Waals surface area contributed by atoms with Gasteiger partial charge in [-0.2, -0.15) is 0 Å². The first-order valence-electron chi connectivity index (χ1n) is 4.71. The van der Waals surface area contributed by atoms with Crippen LogP contribution in [0.3, 0.4) is 0 Å². The number of esters is 2. The second kappa shape index (κ2) is 5.02. The summed E-state index contributed by atoms with van der Waals surface area (Å²) in [7, 11) is 0. The fourth-order valence-corrected chi connectivity index (χ4v) is 1.88. The van der Waals surface area contributed by atoms with E-state index >= 15 is 0 Å². The molecule has 0 aliphatic carbocycles. The number of thiazole rings is 1. The summed E-state index contributed by atoms with van der Waals surface area (Å²) in [6, 6.07) is 0. The largest absolute Gasteiger partial charge is 0.393 e. The van der Waals surface area contributed by atoms with Gasteiger partial charge in [0.25, 0.3) is 0 Å². The number of aromatic nitrogens is 1. The summed E-state index contributed by atoms with van der Waals surface area (Å²) in [6.07, 6.45) is 0.846. The molecule has 0 amide bonds. The molecule has 1 unspecified atom stereocenters. The van der Waals surface area contributed by atoms with Gasteiger partial charge < -0.3 is 4.74 Å². The Morgan fingerprint density at radius 3 is 2.73 bits per heavy atom. The third-order valence-electron chi connectivity index (χ3n) is 1.91. The molecule has 0 aliphatic rings. The Kier molecular flexibility index (Phi) is 3.96. The highest BCUT2D eigenvalue weighted by molar-refractivity contribution is 7.09. The highest BCUT2D eigenvalue weighted by atomic mass is 32.1. The van der Waals surface area contributed by atoms with Gasteiger partial charge in [0.15, 0.2) is 0 Å². The number of rotatable bonds is 3. The molecule has 82 valence electrons. The van der Waals surface area contributed by atoms with Crippen LogP contribution in [0.15, 0.2) is 5.38 Å². The van der Waals surface area contributed by atoms with Crippen molar-refractivity contribution in [2.24, 2.45) is 0 Å². The number of carbonyl (C=O) groups is 2. The van der Waals surface area contributed by atoms with Crippen LogP contribution in [-0.4, -0.2) is 16.9 Å². The molecule has 1 rings (SSSR count). The Bertz CT molecular complexity index is 372. The molecule has 0 saturated heterocycles. The molecule has 0 fully saturated rings. The van der Waals surface area contributed by atoms with Crippen molar-refractivity contribution in [3.63, 3.8) is 0 Å². The van der Waals surface area contributed by atoms with Gasteiger partial charge in [0.1, 0.15) is 0 Å². The molecule has 0 radical (unpaired) electrons. The molecule has 0 N–H and O–H groups in total. The van der Waals surface area contributed by atoms with Gasteiger partial charge in [0, 0.05) is 12.3 Å². The molecular weight excluding hydrogens is 214 g/mol. The van der Waals surface area contributed by atoms with E-state index in [-0.39, 0.29) is 0 Å². The maximum Gasteiger partial charge on any atom is 0.322 e. The van der Waals surface area contributed by atoms with Crippen LogP contribution < -0.4 is 0 Å². The molecule has 0 aliphatic heterocycles. The van der Waals surface area contributed by atoms with Crippen LogP contribution in [0.4, 0.5) is 0 Å². The summed E-state index contributed by atoms with van der Waals surface area (Å²) in [6.45, 7) is 4.89. The molecule has 1 atom stereocenters. The van der Waals surface area contributed by atoms with E-state index in [0.717, 1.165) is 11.4 Å². The maximum absolute atomic E-state index is 11.4. The Morgan fingerprint density at radius 1 is 1.60 bits per heavy atom. The van der Waals surface area contributed by atoms with Crippen molar-refractivity contribution in [1.29, 1.82) is 0 Å². The zero-order valence-electron chi connectivity index (χ0n) is 8.94. The molecule has 4 nitrogen and oxygen atoms in total. The standard InChI is InChI=1S/C10H13NO3S/c1-4-9-11-8(5-15-9)6(2)10(13)14-7(3)12/h5-6H,4H2,1-3H3. The van der Waals surface area contributed by atoms with Crippen molar-refractivity contribution in [3.8, 4) is 0 Å². The van der Waals surface area contributed by atoms with E-state index in [1.165, 1.54) is 18.3 Å². The zero-order valence-corrected chi connectivity index (χ0v) is 9.76. The number of carbonyl (C=O) groups excluding carboxylic acids is 2. The molecule has 1 heterocycles. The van der Waals surface area contributed by atoms with Crippen molar-refractivity contribution in [2.75, 3.05) is 0 Å². The van der Waals surface area contributed by atoms with Crippen LogP contribution in [0.1, 0.15) is 37.4 Å². The minimum atomic E-state index is -0.585. The molecule has 0 aromatic carbocycles. The number of nitrogens with zero attached hydrogens (tertiary/aromatic N) is 1. The lowest BCUT2D eigenvalue weighted by atomic mass is 10.1. The Labute approximate surface area is 92.3 Å². The topological polar surface area (TPSA) is 56.3 Å². The SMILES string of the molecule is CCc1nc(C(C)C(=O)OC(C)=O)cs1. The van der Waals surface area contributed by atoms with Gasteiger partial charge in [0.05, 0.1) is 16.6 Å². The fraction of sp³-hybridized carbons (Fsp3) is 0.500. The monoisotopic (exact) mass is 227 g/mol. The van der Waals surface area contributed by atoms with Gasteiger partial charge in [0.2, 0.25) is 0 Å². The first-order valence-corrected chi connectivity index (χ1v) is 5.59. The minimum absolute atomic E-state index is 0.481. The maximum atomic E-state index is 11.4. The highest BCUT2D eigenvalue weighted by Gasteiger charge is 2.20. The lowest BCUT2D eigenvalue weighted by Crippen LogP contribution is -2.16. The average molecular weight is 227 g/mol. The number of aryl methyl sites for hydroxylation is 1. The zero-order chi connectivity index (χ0) is 11.4. The third-order valence-corrected chi connectivity index (χ3v) is 2.92. The number of ether oxygens (including phenoxy) is 1. The molecule has 15 heavy (non-hydrogen) atoms. The lowest BCUT2D eigenvalue weighted by molar-refractivity contribution is -0.158. The molecular formula is C10H13NO3S. The van der Waals surface area contributed by atoms with Crippen LogP contribution in [0.25, 0.3) is 0 Å². The molecule has 0 saturated carbocycles. The summed E-state index contributed by atoms with van der Waals surface area (Å²) in [5.41, 5.74) is 0.670. The summed E-state index contributed by atoms with van der Waals surface area (Å²) in [5, 5.41) is 2.80. The first kappa shape index (κ1) is 11.8. The Balaban J connectivity index is 2.71. The van der Waals surface area contributed by atoms with Gasteiger partial charge in [-0.1, -0.05) is 6.92 Å². The number of hydrogen-bond donors (Lipinski definition) is 0. The molecule has 0 spiro atoms. The predicted octanol–water partition coefficient (Wildman–Crippen LogP) is 1.90. The quantitative estimate of drug-likeness (QED) is 0.584. The van der Waals surface area contributed by atoms with E-state index in [1.54, 1.807) is 6.92 Å². The molecule has 0 bridgehead atoms. The summed E-state index contributed by atoms with van der Waals surface area (Å²) in [5.74, 6) is -1.61. The van der Waals surface area contributed by atoms with Crippen molar-refractivity contribution in [1.82, 2.24) is 4.98 Å². The van der Waals surface area contributed by atoms with E-state index < -0.39 is 17.9 Å². The molecule has 1 aromatic rings. The third kappa shape index (κ3) is 3.13. The van der Waals surface area contributed by atoms with E-state index in [2.05, 4.69) is 9.72 Å². The predicted molar refractivity (Wildman–Crippen MR) is 56.7 cm³/mol. The van der Waals surface area contributed by atoms with Gasteiger partial charge in [-0.05, 0) is 13.3 Å². The first-order chi connectivity index (χ1) is 7.04. The van der Waals surface area contributed by atoms with E-state index in [1.807, 2.05) is 12.3 Å². The Morgan fingerprint density at radius 2 is 2.27 bits per heavy atom. The van der Waals surface area contributed by atoms with Gasteiger partial charge in [-0.15, -0.1) is 11.3 Å². The number of hydrogen-bond acceptors (Lipinski definition) is 5. The minimum Gasteiger partial charge on any atom is -0.393 e. The van der Waals surface area contributed by atoms with Gasteiger partial charge >= 0.3 is 11.9 Å². The van der Waals surface area contributed by atoms with Crippen LogP contribution in [0, 0.1) is 0 Å². The van der Waals surface area contributed by atoms with E-state index in [4.69, 9.17) is 0 Å². The molecule has 5 heteroatoms. The van der Waals surface area contributed by atoms with Crippen molar-refractivity contribution < 1.29 is 14.3 Å². The van der Waals surface area contributed by atoms with Crippen LogP contribution in [-0.2, 0) is 20.7 Å². The van der Waals surface area contributed by atoms with Crippen LogP contribution in [0.2, 0.25) is 0 Å². The fourth-order valence-electron chi connectivity index (χ4n) is 1.04. The van der Waals surface area contributed by atoms with E-state index in [9.17, 15) is 9.59 Å². The summed E-state index contributed by atoms with van der Waals surface area (Å²) in [4.78, 5) is 26.2. The summed E-state index contributed by atoms with van der Waals surface area (Å²) >= 11 is 1.51. The van der Waals surface area contributed by atoms with Crippen molar-refractivity contribution in [3.05, 3.63) is 16.1 Å². The normalized spacial score (nSPS) is 12.2. The van der Waals surface area contributed by atoms with Crippen LogP contribution >= 0.6 is 11.3 Å². The second-order valence-corrected chi connectivity index (χ2v) is 4.10. The Hall–Kier alpha value is -1.23. The van der Waals surface area contributed by atoms with Gasteiger partial charge in [-0.25, -0.2) is 4.98 Å². The summed E-state index contributed by atoms with van der Waals surface area (Å²) < 4.78 is 4.50. The average Bonchev–Trinajstić information content (AvgIpc) is 2.63. The highest BCUT2D eigenvalue weighted by Crippen LogP contribution is 2.20. The van der Waals surface area contributed by atoms with E-state index in [0.29, 0.717) is 5.69 Å². The van der Waals surface area contributed by atoms with Crippen LogP contribution in [0.5, 0.6) is 0 Å².